The second-order valence-corrected chi connectivity index (χ2v) is 7.68. The normalized spacial score (nSPS) is 9.38. The maximum atomic E-state index is 10.7. The van der Waals surface area contributed by atoms with E-state index in [1.54, 1.807) is 34.2 Å². The number of nitrogens with zero attached hydrogens (tertiary/aromatic N) is 1. The van der Waals surface area contributed by atoms with Crippen molar-refractivity contribution in [3.63, 3.8) is 0 Å². The molecule has 4 amide bonds. The number of hydrogen-bond donors (Lipinski definition) is 5. The van der Waals surface area contributed by atoms with E-state index in [1.165, 1.54) is 4.90 Å². The van der Waals surface area contributed by atoms with Crippen molar-refractivity contribution in [2.45, 2.75) is 52.9 Å². The number of nitrogens with one attached hydrogen (secondary N) is 3. The van der Waals surface area contributed by atoms with E-state index in [4.69, 9.17) is 15.6 Å². The number of carbonyl (C=O) groups excluding carboxylic acids is 4. The average molecular weight is 726 g/mol. The van der Waals surface area contributed by atoms with Crippen LogP contribution in [0.15, 0.2) is 18.2 Å². The molecule has 0 aliphatic rings. The van der Waals surface area contributed by atoms with Crippen molar-refractivity contribution >= 4 is 30.5 Å². The minimum atomic E-state index is -0.565. The van der Waals surface area contributed by atoms with Crippen LogP contribution in [0.2, 0.25) is 0 Å². The molecule has 11 nitrogen and oxygen atoms in total. The maximum Gasteiger partial charge on any atom is 0.408 e. The Balaban J connectivity index is -0.000000448. The molecule has 1 aromatic rings. The third-order valence-electron chi connectivity index (χ3n) is 3.51. The summed E-state index contributed by atoms with van der Waals surface area (Å²) in [5.74, 6) is 0. The van der Waals surface area contributed by atoms with Crippen molar-refractivity contribution in [1.82, 2.24) is 15.5 Å². The molecule has 0 aliphatic heterocycles. The van der Waals surface area contributed by atoms with Gasteiger partial charge in [-0.3, -0.25) is 0 Å². The molecule has 34 heavy (non-hydrogen) atoms. The first-order valence-corrected chi connectivity index (χ1v) is 10.4. The van der Waals surface area contributed by atoms with Crippen LogP contribution in [0.1, 0.15) is 45.2 Å². The van der Waals surface area contributed by atoms with Gasteiger partial charge in [-0.25, -0.2) is 9.59 Å². The van der Waals surface area contributed by atoms with Gasteiger partial charge in [0.15, 0.2) is 0 Å². The number of hydrogen-bond acceptors (Lipinski definition) is 7. The Morgan fingerprint density at radius 3 is 2.24 bits per heavy atom. The van der Waals surface area contributed by atoms with Gasteiger partial charge in [0, 0.05) is 25.8 Å². The number of aliphatic hydroxyl groups excluding tert-OH is 1. The molecule has 0 saturated heterocycles. The molecule has 0 radical (unpaired) electrons. The Morgan fingerprint density at radius 1 is 1.24 bits per heavy atom. The van der Waals surface area contributed by atoms with Crippen LogP contribution in [0.3, 0.4) is 0 Å². The summed E-state index contributed by atoms with van der Waals surface area (Å²) in [7, 11) is 3.48. The number of nitrogens with two attached hydrogens (primary N) is 1. The average Bonchev–Trinajstić information content (AvgIpc) is 2.75. The second-order valence-electron chi connectivity index (χ2n) is 7.68. The van der Waals surface area contributed by atoms with Crippen LogP contribution >= 0.6 is 0 Å². The van der Waals surface area contributed by atoms with Crippen LogP contribution in [0.5, 0.6) is 0 Å². The van der Waals surface area contributed by atoms with Gasteiger partial charge in [-0.2, -0.15) is 6.41 Å². The number of carbonyl (C=O) groups is 3. The molecule has 0 atom stereocenters. The van der Waals surface area contributed by atoms with Crippen LogP contribution in [-0.4, -0.2) is 67.6 Å². The molecule has 12 heteroatoms. The summed E-state index contributed by atoms with van der Waals surface area (Å²) >= 11 is 0. The zero-order valence-corrected chi connectivity index (χ0v) is 23.1. The van der Waals surface area contributed by atoms with E-state index in [-0.39, 0.29) is 13.2 Å². The molecular weight excluding hydrogens is 687 g/mol. The number of benzene rings is 1. The Labute approximate surface area is 196 Å². The van der Waals surface area contributed by atoms with Gasteiger partial charge in [-0.1, -0.05) is 13.0 Å². The van der Waals surface area contributed by atoms with E-state index in [2.05, 4.69) is 16.0 Å². The van der Waals surface area contributed by atoms with Crippen LogP contribution < -0.4 is 21.7 Å². The monoisotopic (exact) mass is 725 g/mol. The molecule has 0 unspecified atom stereocenters. The number of aldehydes is 1. The summed E-state index contributed by atoms with van der Waals surface area (Å²) in [5, 5.41) is 16.8. The zero-order chi connectivity index (χ0) is 25.9. The van der Waals surface area contributed by atoms with Gasteiger partial charge in [0.2, 0.25) is 0 Å². The van der Waals surface area contributed by atoms with Crippen LogP contribution in [0, 0.1) is 0 Å². The number of urea groups is 1. The van der Waals surface area contributed by atoms with E-state index in [9.17, 15) is 19.2 Å². The number of aliphatic hydroxyl groups is 1. The van der Waals surface area contributed by atoms with Crippen LogP contribution in [-0.2, 0) is 27.5 Å². The molecular formula is C22H38FmN5O6-. The molecule has 0 bridgehead atoms. The molecule has 0 fully saturated rings. The van der Waals surface area contributed by atoms with E-state index in [1.807, 2.05) is 32.2 Å². The Hall–Kier alpha value is -4.34. The molecule has 0 saturated carbocycles. The van der Waals surface area contributed by atoms with Crippen LogP contribution in [0.25, 0.3) is 0 Å². The largest absolute Gasteiger partial charge is 0.520 e. The van der Waals surface area contributed by atoms with Gasteiger partial charge in [-0.05, 0) is 57.5 Å². The fraction of sp³-hybridized carbons (Fsp3) is 0.545. The van der Waals surface area contributed by atoms with E-state index in [0.717, 1.165) is 23.2 Å². The van der Waals surface area contributed by atoms with E-state index < -0.39 is 17.7 Å². The number of primary amides is 1. The summed E-state index contributed by atoms with van der Waals surface area (Å²) in [6.07, 6.45) is 2.75. The first-order valence-electron chi connectivity index (χ1n) is 10.4. The molecule has 0 aromatic heterocycles. The van der Waals surface area contributed by atoms with Crippen molar-refractivity contribution in [3.05, 3.63) is 29.3 Å². The van der Waals surface area contributed by atoms with Gasteiger partial charge in [0.05, 0.1) is 13.2 Å². The van der Waals surface area contributed by atoms with Gasteiger partial charge < -0.3 is 46.0 Å². The minimum Gasteiger partial charge on any atom is -0.520 e. The fourth-order valence-corrected chi connectivity index (χ4v) is 2.06. The number of ether oxygens (including phenoxy) is 1. The second kappa shape index (κ2) is 19.4. The summed E-state index contributed by atoms with van der Waals surface area (Å²) < 4.78 is 4.83. The van der Waals surface area contributed by atoms with Crippen molar-refractivity contribution < 1.29 is 29.0 Å². The van der Waals surface area contributed by atoms with Gasteiger partial charge >= 0.3 is 12.1 Å². The third kappa shape index (κ3) is 19.6. The third-order valence-corrected chi connectivity index (χ3v) is 3.51. The number of alkyl carbamates (subject to hydrolysis) is 1. The van der Waals surface area contributed by atoms with Crippen molar-refractivity contribution in [3.8, 4) is 0 Å². The fourth-order valence-electron chi connectivity index (χ4n) is 2.06. The molecule has 6 N–H and O–H groups in total. The van der Waals surface area contributed by atoms with Crippen molar-refractivity contribution in [1.29, 1.82) is 0 Å². The first kappa shape index (κ1) is 34.3. The minimum absolute atomic E-state index is 0. The van der Waals surface area contributed by atoms with Gasteiger partial charge in [0.1, 0.15) is 11.9 Å². The number of anilines is 1. The van der Waals surface area contributed by atoms with Crippen molar-refractivity contribution in [2.75, 3.05) is 32.5 Å². The SMILES string of the molecule is CC(C)(C)OC(=O)NCC=O.CCCNC(N)=O.CNc1ccc(CO)c(CN(C)[C-]=O)c1.[Fm]. The number of rotatable bonds is 9. The molecule has 200 valence electrons. The smallest absolute Gasteiger partial charge is 0.408 e. The predicted octanol–water partition coefficient (Wildman–Crippen LogP) is 1.49. The first-order chi connectivity index (χ1) is 15.4. The van der Waals surface area contributed by atoms with E-state index >= 15 is 0 Å². The zero-order valence-electron chi connectivity index (χ0n) is 20.6. The summed E-state index contributed by atoms with van der Waals surface area (Å²) in [6.45, 7) is 8.34. The summed E-state index contributed by atoms with van der Waals surface area (Å²) in [4.78, 5) is 42.2. The van der Waals surface area contributed by atoms with Gasteiger partial charge in [0.25, 0.3) is 0 Å². The molecule has 0 aliphatic carbocycles. The van der Waals surface area contributed by atoms with E-state index in [0.29, 0.717) is 19.4 Å². The van der Waals surface area contributed by atoms with Gasteiger partial charge in [-0.15, -0.1) is 0 Å². The molecule has 0 spiro atoms. The topological polar surface area (TPSA) is 163 Å². The summed E-state index contributed by atoms with van der Waals surface area (Å²) in [6, 6.07) is 5.21. The Morgan fingerprint density at radius 2 is 1.85 bits per heavy atom. The quantitative estimate of drug-likeness (QED) is 0.146. The standard InChI is InChI=1S/C11H15N2O2.C7H13NO3.C4H10N2O.Fm/c1-12-11-4-3-9(7-14)10(5-11)6-13(2)8-15;1-7(2,3)11-6(10)8-4-5-9;1-2-3-6-4(5)7;/h3-5,12,14H,6-7H2,1-2H3;5H,4H2,1-3H3,(H,8,10);2-3H2,1H3,(H3,5,6,7);/q-1;;;. The van der Waals surface area contributed by atoms with Crippen LogP contribution in [0.4, 0.5) is 15.3 Å². The molecule has 0 heterocycles. The molecule has 1 aromatic carbocycles. The Kier molecular flexibility index (Phi) is 19.5. The Bertz CT molecular complexity index is 728. The number of amides is 4. The summed E-state index contributed by atoms with van der Waals surface area (Å²) in [5.41, 5.74) is 6.94. The molecule has 1 rings (SSSR count). The maximum absolute atomic E-state index is 10.7. The van der Waals surface area contributed by atoms with Crippen molar-refractivity contribution in [2.24, 2.45) is 5.73 Å². The predicted molar refractivity (Wildman–Crippen MR) is 127 cm³/mol.